The molecule has 0 radical (unpaired) electrons. The summed E-state index contributed by atoms with van der Waals surface area (Å²) in [4.78, 5) is 6.76. The number of aryl methyl sites for hydroxylation is 1. The first-order valence-electron chi connectivity index (χ1n) is 11.8. The molecule has 1 saturated heterocycles. The van der Waals surface area contributed by atoms with Crippen molar-refractivity contribution in [3.63, 3.8) is 0 Å². The third kappa shape index (κ3) is 3.90. The van der Waals surface area contributed by atoms with Crippen LogP contribution in [0.1, 0.15) is 49.8 Å². The van der Waals surface area contributed by atoms with E-state index in [2.05, 4.69) is 70.4 Å². The summed E-state index contributed by atoms with van der Waals surface area (Å²) in [5.74, 6) is 0. The number of fused-ring (bicyclic) bond motifs is 2. The fourth-order valence-corrected chi connectivity index (χ4v) is 6.79. The molecular formula is C26H35N3S. The molecule has 1 fully saturated rings. The summed E-state index contributed by atoms with van der Waals surface area (Å²) in [5, 5.41) is 0. The number of anilines is 1. The van der Waals surface area contributed by atoms with Crippen LogP contribution in [0.2, 0.25) is 0 Å². The highest BCUT2D eigenvalue weighted by Crippen LogP contribution is 2.47. The summed E-state index contributed by atoms with van der Waals surface area (Å²) in [6.07, 6.45) is 6.51. The van der Waals surface area contributed by atoms with Crippen LogP contribution in [0.3, 0.4) is 0 Å². The third-order valence-corrected chi connectivity index (χ3v) is 8.71. The highest BCUT2D eigenvalue weighted by atomic mass is 32.2. The van der Waals surface area contributed by atoms with E-state index in [4.69, 9.17) is 0 Å². The second-order valence-electron chi connectivity index (χ2n) is 9.55. The molecule has 160 valence electrons. The normalized spacial score (nSPS) is 21.5. The number of nitrogens with zero attached hydrogens (tertiary/aromatic N) is 3. The van der Waals surface area contributed by atoms with Gasteiger partial charge in [-0.3, -0.25) is 4.90 Å². The van der Waals surface area contributed by atoms with Crippen molar-refractivity contribution in [3.8, 4) is 0 Å². The van der Waals surface area contributed by atoms with Crippen molar-refractivity contribution < 1.29 is 0 Å². The second-order valence-corrected chi connectivity index (χ2v) is 10.6. The average molecular weight is 422 g/mol. The first-order valence-corrected chi connectivity index (χ1v) is 12.5. The van der Waals surface area contributed by atoms with Gasteiger partial charge in [-0.15, -0.1) is 0 Å². The van der Waals surface area contributed by atoms with Gasteiger partial charge in [0.15, 0.2) is 0 Å². The van der Waals surface area contributed by atoms with Gasteiger partial charge < -0.3 is 4.90 Å². The van der Waals surface area contributed by atoms with Crippen LogP contribution < -0.4 is 4.90 Å². The summed E-state index contributed by atoms with van der Waals surface area (Å²) in [6, 6.07) is 15.9. The fourth-order valence-electron chi connectivity index (χ4n) is 5.45. The van der Waals surface area contributed by atoms with Crippen LogP contribution in [0, 0.1) is 0 Å². The van der Waals surface area contributed by atoms with Crippen LogP contribution in [0.25, 0.3) is 0 Å². The van der Waals surface area contributed by atoms with Gasteiger partial charge >= 0.3 is 0 Å². The molecule has 2 aromatic rings. The number of rotatable bonds is 5. The Labute approximate surface area is 186 Å². The Morgan fingerprint density at radius 3 is 2.50 bits per heavy atom. The number of benzene rings is 2. The van der Waals surface area contributed by atoms with Crippen molar-refractivity contribution >= 4 is 17.6 Å². The monoisotopic (exact) mass is 421 g/mol. The quantitative estimate of drug-likeness (QED) is 0.603. The molecule has 0 atom stereocenters. The van der Waals surface area contributed by atoms with Gasteiger partial charge in [-0.25, -0.2) is 4.31 Å². The van der Waals surface area contributed by atoms with E-state index in [9.17, 15) is 0 Å². The first-order chi connectivity index (χ1) is 14.6. The topological polar surface area (TPSA) is 9.72 Å². The largest absolute Gasteiger partial charge is 0.369 e. The van der Waals surface area contributed by atoms with Crippen LogP contribution in [-0.4, -0.2) is 48.5 Å². The molecule has 3 nitrogen and oxygen atoms in total. The summed E-state index contributed by atoms with van der Waals surface area (Å²) in [7, 11) is 0. The van der Waals surface area contributed by atoms with Gasteiger partial charge in [-0.2, -0.15) is 0 Å². The zero-order chi connectivity index (χ0) is 20.6. The van der Waals surface area contributed by atoms with Gasteiger partial charge in [0, 0.05) is 43.3 Å². The van der Waals surface area contributed by atoms with E-state index >= 15 is 0 Å². The van der Waals surface area contributed by atoms with E-state index in [1.54, 1.807) is 11.1 Å². The van der Waals surface area contributed by atoms with Crippen LogP contribution in [0.15, 0.2) is 47.4 Å². The summed E-state index contributed by atoms with van der Waals surface area (Å²) in [6.45, 7) is 11.8. The Balaban J connectivity index is 1.12. The smallest absolute Gasteiger partial charge is 0.0520 e. The third-order valence-electron chi connectivity index (χ3n) is 7.30. The van der Waals surface area contributed by atoms with Gasteiger partial charge in [0.2, 0.25) is 0 Å². The second kappa shape index (κ2) is 8.57. The maximum Gasteiger partial charge on any atom is 0.0520 e. The minimum absolute atomic E-state index is 0.131. The Kier molecular flexibility index (Phi) is 5.83. The highest BCUT2D eigenvalue weighted by Gasteiger charge is 2.37. The van der Waals surface area contributed by atoms with Crippen LogP contribution in [0.4, 0.5) is 5.69 Å². The lowest BCUT2D eigenvalue weighted by molar-refractivity contribution is 0.218. The SMILES string of the molecule is CC1(C)c2ccccc2SN1CCCN1CCN(c2cccc3c2CCCC3)CC1. The Morgan fingerprint density at radius 2 is 1.67 bits per heavy atom. The molecule has 5 rings (SSSR count). The zero-order valence-electron chi connectivity index (χ0n) is 18.6. The molecule has 0 saturated carbocycles. The van der Waals surface area contributed by atoms with E-state index in [0.29, 0.717) is 0 Å². The molecule has 2 aliphatic heterocycles. The van der Waals surface area contributed by atoms with E-state index < -0.39 is 0 Å². The van der Waals surface area contributed by atoms with Gasteiger partial charge in [0.1, 0.15) is 0 Å². The van der Waals surface area contributed by atoms with Crippen molar-refractivity contribution in [2.45, 2.75) is 56.4 Å². The van der Waals surface area contributed by atoms with E-state index in [-0.39, 0.29) is 5.54 Å². The van der Waals surface area contributed by atoms with E-state index in [1.807, 2.05) is 11.9 Å². The molecule has 2 aromatic carbocycles. The molecule has 3 aliphatic rings. The number of piperazine rings is 1. The summed E-state index contributed by atoms with van der Waals surface area (Å²) < 4.78 is 2.59. The zero-order valence-corrected chi connectivity index (χ0v) is 19.4. The molecule has 0 spiro atoms. The molecule has 30 heavy (non-hydrogen) atoms. The predicted molar refractivity (Wildman–Crippen MR) is 128 cm³/mol. The molecule has 1 aliphatic carbocycles. The highest BCUT2D eigenvalue weighted by molar-refractivity contribution is 7.97. The molecule has 4 heteroatoms. The summed E-state index contributed by atoms with van der Waals surface area (Å²) >= 11 is 1.95. The average Bonchev–Trinajstić information content (AvgIpc) is 3.04. The fraction of sp³-hybridized carbons (Fsp3) is 0.538. The Bertz CT molecular complexity index is 886. The van der Waals surface area contributed by atoms with Crippen LogP contribution >= 0.6 is 11.9 Å². The predicted octanol–water partition coefficient (Wildman–Crippen LogP) is 5.34. The van der Waals surface area contributed by atoms with Crippen molar-refractivity contribution in [3.05, 3.63) is 59.2 Å². The van der Waals surface area contributed by atoms with E-state index in [1.165, 1.54) is 81.0 Å². The number of hydrogen-bond donors (Lipinski definition) is 0. The summed E-state index contributed by atoms with van der Waals surface area (Å²) in [5.41, 5.74) is 6.39. The Hall–Kier alpha value is -1.49. The van der Waals surface area contributed by atoms with Crippen LogP contribution in [-0.2, 0) is 18.4 Å². The van der Waals surface area contributed by atoms with Crippen LogP contribution in [0.5, 0.6) is 0 Å². The maximum absolute atomic E-state index is 2.67. The van der Waals surface area contributed by atoms with Crippen molar-refractivity contribution in [2.75, 3.05) is 44.2 Å². The molecule has 2 heterocycles. The van der Waals surface area contributed by atoms with E-state index in [0.717, 1.165) is 6.54 Å². The lowest BCUT2D eigenvalue weighted by Gasteiger charge is -2.38. The molecule has 0 bridgehead atoms. The molecule has 0 N–H and O–H groups in total. The molecule has 0 aromatic heterocycles. The van der Waals surface area contributed by atoms with Gasteiger partial charge in [-0.05, 0) is 93.3 Å². The minimum Gasteiger partial charge on any atom is -0.369 e. The van der Waals surface area contributed by atoms with Gasteiger partial charge in [0.05, 0.1) is 5.54 Å². The first kappa shape index (κ1) is 20.4. The minimum atomic E-state index is 0.131. The van der Waals surface area contributed by atoms with Crippen molar-refractivity contribution in [1.29, 1.82) is 0 Å². The Morgan fingerprint density at radius 1 is 0.867 bits per heavy atom. The van der Waals surface area contributed by atoms with Crippen molar-refractivity contribution in [2.24, 2.45) is 0 Å². The lowest BCUT2D eigenvalue weighted by Crippen LogP contribution is -2.47. The standard InChI is InChI=1S/C26H35N3S/c1-26(2)23-12-5-6-14-25(23)30-29(26)16-8-15-27-17-19-28(20-18-27)24-13-7-10-21-9-3-4-11-22(21)24/h5-7,10,12-14H,3-4,8-9,11,15-20H2,1-2H3. The lowest BCUT2D eigenvalue weighted by atomic mass is 9.90. The van der Waals surface area contributed by atoms with Gasteiger partial charge in [-0.1, -0.05) is 30.3 Å². The molecule has 0 amide bonds. The van der Waals surface area contributed by atoms with Gasteiger partial charge in [0.25, 0.3) is 0 Å². The molecular weight excluding hydrogens is 386 g/mol. The molecule has 0 unspecified atom stereocenters. The van der Waals surface area contributed by atoms with Crippen molar-refractivity contribution in [1.82, 2.24) is 9.21 Å². The number of hydrogen-bond acceptors (Lipinski definition) is 4. The maximum atomic E-state index is 2.67.